The third-order valence-electron chi connectivity index (χ3n) is 3.99. The van der Waals surface area contributed by atoms with Crippen molar-refractivity contribution in [1.82, 2.24) is 10.6 Å². The molecule has 1 heterocycles. The van der Waals surface area contributed by atoms with Crippen molar-refractivity contribution < 1.29 is 9.53 Å². The summed E-state index contributed by atoms with van der Waals surface area (Å²) in [5.41, 5.74) is 1.14. The highest BCUT2D eigenvalue weighted by atomic mass is 79.9. The second kappa shape index (κ2) is 9.38. The molecule has 0 bridgehead atoms. The number of nitrogens with one attached hydrogen (secondary N) is 2. The van der Waals surface area contributed by atoms with Crippen LogP contribution in [0.5, 0.6) is 5.75 Å². The zero-order chi connectivity index (χ0) is 15.2. The van der Waals surface area contributed by atoms with Gasteiger partial charge in [-0.3, -0.25) is 4.79 Å². The molecule has 0 radical (unpaired) electrons. The highest BCUT2D eigenvalue weighted by molar-refractivity contribution is 9.10. The minimum Gasteiger partial charge on any atom is -0.496 e. The van der Waals surface area contributed by atoms with E-state index in [1.165, 1.54) is 0 Å². The van der Waals surface area contributed by atoms with Gasteiger partial charge in [0.25, 0.3) is 0 Å². The van der Waals surface area contributed by atoms with E-state index < -0.39 is 0 Å². The van der Waals surface area contributed by atoms with E-state index in [1.54, 1.807) is 7.11 Å². The second-order valence-corrected chi connectivity index (χ2v) is 6.47. The standard InChI is InChI=1S/C16H23BrN2O2.ClH/c1-11-10-18-8-7-14(11)19-16(20)6-4-12-3-5-15(21-2)13(17)9-12;/h3,5,9,11,14,18H,4,6-8,10H2,1-2H3,(H,19,20);1H. The Morgan fingerprint density at radius 2 is 2.27 bits per heavy atom. The van der Waals surface area contributed by atoms with Gasteiger partial charge in [0.2, 0.25) is 5.91 Å². The van der Waals surface area contributed by atoms with Crippen LogP contribution in [0.3, 0.4) is 0 Å². The molecule has 0 spiro atoms. The number of hydrogen-bond acceptors (Lipinski definition) is 3. The fourth-order valence-electron chi connectivity index (χ4n) is 2.63. The van der Waals surface area contributed by atoms with E-state index >= 15 is 0 Å². The number of halogens is 2. The van der Waals surface area contributed by atoms with E-state index in [4.69, 9.17) is 4.74 Å². The highest BCUT2D eigenvalue weighted by Gasteiger charge is 2.22. The van der Waals surface area contributed by atoms with Crippen molar-refractivity contribution in [2.75, 3.05) is 20.2 Å². The summed E-state index contributed by atoms with van der Waals surface area (Å²) in [4.78, 5) is 12.1. The van der Waals surface area contributed by atoms with Gasteiger partial charge in [0.1, 0.15) is 5.75 Å². The number of piperidine rings is 1. The second-order valence-electron chi connectivity index (χ2n) is 5.61. The lowest BCUT2D eigenvalue weighted by Gasteiger charge is -2.30. The average molecular weight is 392 g/mol. The predicted molar refractivity (Wildman–Crippen MR) is 94.8 cm³/mol. The Bertz CT molecular complexity index is 499. The molecule has 2 atom stereocenters. The fourth-order valence-corrected chi connectivity index (χ4v) is 3.22. The lowest BCUT2D eigenvalue weighted by Crippen LogP contribution is -2.48. The maximum absolute atomic E-state index is 12.1. The van der Waals surface area contributed by atoms with E-state index in [1.807, 2.05) is 18.2 Å². The Morgan fingerprint density at radius 3 is 2.91 bits per heavy atom. The number of benzene rings is 1. The topological polar surface area (TPSA) is 50.4 Å². The Morgan fingerprint density at radius 1 is 1.50 bits per heavy atom. The molecule has 1 saturated heterocycles. The summed E-state index contributed by atoms with van der Waals surface area (Å²) in [5, 5.41) is 6.50. The molecule has 2 rings (SSSR count). The summed E-state index contributed by atoms with van der Waals surface area (Å²) in [7, 11) is 1.65. The minimum absolute atomic E-state index is 0. The Labute approximate surface area is 146 Å². The van der Waals surface area contributed by atoms with Crippen molar-refractivity contribution in [3.8, 4) is 5.75 Å². The van der Waals surface area contributed by atoms with Gasteiger partial charge in [-0.15, -0.1) is 12.4 Å². The summed E-state index contributed by atoms with van der Waals surface area (Å²) < 4.78 is 6.13. The maximum Gasteiger partial charge on any atom is 0.220 e. The van der Waals surface area contributed by atoms with Crippen molar-refractivity contribution in [3.63, 3.8) is 0 Å². The fraction of sp³-hybridized carbons (Fsp3) is 0.562. The number of ether oxygens (including phenoxy) is 1. The number of hydrogen-bond donors (Lipinski definition) is 2. The van der Waals surface area contributed by atoms with Gasteiger partial charge in [-0.2, -0.15) is 0 Å². The van der Waals surface area contributed by atoms with Crippen LogP contribution in [0.4, 0.5) is 0 Å². The number of carbonyl (C=O) groups is 1. The molecule has 4 nitrogen and oxygen atoms in total. The monoisotopic (exact) mass is 390 g/mol. The maximum atomic E-state index is 12.1. The molecule has 6 heteroatoms. The molecule has 1 aliphatic heterocycles. The van der Waals surface area contributed by atoms with Crippen LogP contribution >= 0.6 is 28.3 Å². The van der Waals surface area contributed by atoms with Crippen LogP contribution in [0.2, 0.25) is 0 Å². The SMILES string of the molecule is COc1ccc(CCC(=O)NC2CCNCC2C)cc1Br.Cl. The van der Waals surface area contributed by atoms with Crippen LogP contribution in [0.1, 0.15) is 25.3 Å². The lowest BCUT2D eigenvalue weighted by molar-refractivity contribution is -0.122. The molecule has 0 aliphatic carbocycles. The molecule has 1 amide bonds. The number of methoxy groups -OCH3 is 1. The summed E-state index contributed by atoms with van der Waals surface area (Å²) in [5.74, 6) is 1.45. The van der Waals surface area contributed by atoms with Gasteiger partial charge in [-0.05, 0) is 65.5 Å². The summed E-state index contributed by atoms with van der Waals surface area (Å²) in [6.45, 7) is 4.15. The van der Waals surface area contributed by atoms with E-state index in [0.29, 0.717) is 18.4 Å². The van der Waals surface area contributed by atoms with Crippen LogP contribution in [0, 0.1) is 5.92 Å². The molecule has 2 unspecified atom stereocenters. The largest absolute Gasteiger partial charge is 0.496 e. The molecule has 1 fully saturated rings. The average Bonchev–Trinajstić information content (AvgIpc) is 2.48. The van der Waals surface area contributed by atoms with E-state index in [9.17, 15) is 4.79 Å². The first-order valence-corrected chi connectivity index (χ1v) is 8.22. The van der Waals surface area contributed by atoms with E-state index in [2.05, 4.69) is 33.5 Å². The van der Waals surface area contributed by atoms with E-state index in [0.717, 1.165) is 41.7 Å². The molecule has 1 aromatic carbocycles. The number of rotatable bonds is 5. The normalized spacial score (nSPS) is 20.9. The molecule has 0 saturated carbocycles. The van der Waals surface area contributed by atoms with Gasteiger partial charge in [-0.25, -0.2) is 0 Å². The Hall–Kier alpha value is -0.780. The lowest BCUT2D eigenvalue weighted by atomic mass is 9.95. The molecule has 124 valence electrons. The summed E-state index contributed by atoms with van der Waals surface area (Å²) in [6, 6.07) is 6.25. The molecule has 0 aromatic heterocycles. The van der Waals surface area contributed by atoms with Gasteiger partial charge >= 0.3 is 0 Å². The Balaban J connectivity index is 0.00000242. The van der Waals surface area contributed by atoms with Gasteiger partial charge in [0, 0.05) is 12.5 Å². The van der Waals surface area contributed by atoms with Crippen LogP contribution < -0.4 is 15.4 Å². The van der Waals surface area contributed by atoms with Crippen LogP contribution in [-0.4, -0.2) is 32.1 Å². The van der Waals surface area contributed by atoms with Crippen molar-refractivity contribution in [3.05, 3.63) is 28.2 Å². The summed E-state index contributed by atoms with van der Waals surface area (Å²) >= 11 is 3.47. The predicted octanol–water partition coefficient (Wildman–Crippen LogP) is 2.93. The zero-order valence-corrected chi connectivity index (χ0v) is 15.4. The first-order chi connectivity index (χ1) is 10.1. The van der Waals surface area contributed by atoms with Gasteiger partial charge < -0.3 is 15.4 Å². The van der Waals surface area contributed by atoms with Crippen molar-refractivity contribution >= 4 is 34.2 Å². The number of aryl methyl sites for hydroxylation is 1. The molecule has 1 aliphatic rings. The van der Waals surface area contributed by atoms with Gasteiger partial charge in [0.05, 0.1) is 11.6 Å². The van der Waals surface area contributed by atoms with Crippen molar-refractivity contribution in [1.29, 1.82) is 0 Å². The molecule has 1 aromatic rings. The van der Waals surface area contributed by atoms with Crippen LogP contribution in [0.15, 0.2) is 22.7 Å². The van der Waals surface area contributed by atoms with Crippen molar-refractivity contribution in [2.45, 2.75) is 32.2 Å². The Kier molecular flexibility index (Phi) is 8.21. The van der Waals surface area contributed by atoms with Crippen LogP contribution in [-0.2, 0) is 11.2 Å². The molecular formula is C16H24BrClN2O2. The van der Waals surface area contributed by atoms with E-state index in [-0.39, 0.29) is 18.3 Å². The molecular weight excluding hydrogens is 368 g/mol. The zero-order valence-electron chi connectivity index (χ0n) is 13.0. The minimum atomic E-state index is 0. The number of amides is 1. The van der Waals surface area contributed by atoms with Gasteiger partial charge in [-0.1, -0.05) is 13.0 Å². The third-order valence-corrected chi connectivity index (χ3v) is 4.61. The smallest absolute Gasteiger partial charge is 0.220 e. The third kappa shape index (κ3) is 5.45. The first kappa shape index (κ1) is 19.3. The quantitative estimate of drug-likeness (QED) is 0.811. The highest BCUT2D eigenvalue weighted by Crippen LogP contribution is 2.26. The first-order valence-electron chi connectivity index (χ1n) is 7.42. The van der Waals surface area contributed by atoms with Crippen molar-refractivity contribution in [2.24, 2.45) is 5.92 Å². The van der Waals surface area contributed by atoms with Crippen LogP contribution in [0.25, 0.3) is 0 Å². The molecule has 22 heavy (non-hydrogen) atoms. The van der Waals surface area contributed by atoms with Gasteiger partial charge in [0.15, 0.2) is 0 Å². The molecule has 2 N–H and O–H groups in total. The summed E-state index contributed by atoms with van der Waals surface area (Å²) in [6.07, 6.45) is 2.28. The number of carbonyl (C=O) groups excluding carboxylic acids is 1.